The molecule has 27 heavy (non-hydrogen) atoms. The molecule has 1 aliphatic heterocycles. The van der Waals surface area contributed by atoms with Crippen LogP contribution in [-0.4, -0.2) is 21.4 Å². The molecule has 2 heterocycles. The summed E-state index contributed by atoms with van der Waals surface area (Å²) in [5.74, 6) is -0.423. The Morgan fingerprint density at radius 3 is 2.70 bits per heavy atom. The molecule has 0 bridgehead atoms. The van der Waals surface area contributed by atoms with E-state index >= 15 is 0 Å². The average molecular weight is 368 g/mol. The maximum absolute atomic E-state index is 13.9. The molecule has 3 aromatic rings. The largest absolute Gasteiger partial charge is 0.399 e. The molecule has 7 heteroatoms. The molecule has 1 aromatic heterocycles. The summed E-state index contributed by atoms with van der Waals surface area (Å²) in [6, 6.07) is 10.5. The number of nitrogens with two attached hydrogens (primary N) is 1. The number of fused-ring (bicyclic) bond motifs is 1. The molecular weight excluding hydrogens is 350 g/mol. The Hall–Kier alpha value is -3.06. The van der Waals surface area contributed by atoms with E-state index in [-0.39, 0.29) is 17.7 Å². The molecule has 3 N–H and O–H groups in total. The van der Waals surface area contributed by atoms with E-state index in [4.69, 9.17) is 5.73 Å². The van der Waals surface area contributed by atoms with Crippen LogP contribution in [0.3, 0.4) is 0 Å². The zero-order chi connectivity index (χ0) is 19.0. The lowest BCUT2D eigenvalue weighted by Gasteiger charge is -2.27. The highest BCUT2D eigenvalue weighted by Gasteiger charge is 2.22. The van der Waals surface area contributed by atoms with Gasteiger partial charge in [0.2, 0.25) is 0 Å². The summed E-state index contributed by atoms with van der Waals surface area (Å²) in [7, 11) is 0. The lowest BCUT2D eigenvalue weighted by molar-refractivity contribution is 0.238. The normalized spacial score (nSPS) is 14.1. The molecule has 0 atom stereocenters. The van der Waals surface area contributed by atoms with E-state index in [9.17, 15) is 13.6 Å². The van der Waals surface area contributed by atoms with Crippen LogP contribution in [0, 0.1) is 11.6 Å². The van der Waals surface area contributed by atoms with Crippen molar-refractivity contribution in [2.24, 2.45) is 0 Å². The number of anilines is 1. The molecule has 138 valence electrons. The lowest BCUT2D eigenvalue weighted by atomic mass is 10.0. The minimum atomic E-state index is -0.475. The fraction of sp³-hybridized carbons (Fsp3) is 0.200. The standard InChI is InChI=1S/C20H18F2N4O/c21-14-3-6-17(22)13(9-14)10-26-8-7-18-16(11-26)20(27)25-19(24-18)12-1-4-15(23)5-2-12/h1-6,9H,7-8,10-11,23H2,(H,24,25,27). The molecule has 5 nitrogen and oxygen atoms in total. The molecule has 0 spiro atoms. The van der Waals surface area contributed by atoms with Gasteiger partial charge in [0.1, 0.15) is 17.5 Å². The van der Waals surface area contributed by atoms with Gasteiger partial charge in [0, 0.05) is 42.9 Å². The van der Waals surface area contributed by atoms with E-state index in [1.54, 1.807) is 12.1 Å². The van der Waals surface area contributed by atoms with Crippen LogP contribution in [0.25, 0.3) is 11.4 Å². The first-order chi connectivity index (χ1) is 13.0. The summed E-state index contributed by atoms with van der Waals surface area (Å²) >= 11 is 0. The van der Waals surface area contributed by atoms with Gasteiger partial charge in [0.25, 0.3) is 5.56 Å². The number of nitrogens with one attached hydrogen (secondary N) is 1. The highest BCUT2D eigenvalue weighted by Crippen LogP contribution is 2.21. The Balaban J connectivity index is 1.59. The van der Waals surface area contributed by atoms with Gasteiger partial charge in [-0.05, 0) is 42.5 Å². The Bertz CT molecular complexity index is 1050. The van der Waals surface area contributed by atoms with Crippen LogP contribution in [0.4, 0.5) is 14.5 Å². The van der Waals surface area contributed by atoms with Crippen molar-refractivity contribution in [2.75, 3.05) is 12.3 Å². The summed E-state index contributed by atoms with van der Waals surface area (Å²) in [6.45, 7) is 1.19. The fourth-order valence-electron chi connectivity index (χ4n) is 3.30. The van der Waals surface area contributed by atoms with Gasteiger partial charge in [0.15, 0.2) is 0 Å². The SMILES string of the molecule is Nc1ccc(-c2nc3c(c(=O)[nH]2)CN(Cc2cc(F)ccc2F)CC3)cc1. The Morgan fingerprint density at radius 1 is 1.15 bits per heavy atom. The maximum atomic E-state index is 13.9. The first-order valence-corrected chi connectivity index (χ1v) is 8.64. The van der Waals surface area contributed by atoms with Crippen molar-refractivity contribution in [3.8, 4) is 11.4 Å². The van der Waals surface area contributed by atoms with Gasteiger partial charge in [0.05, 0.1) is 11.3 Å². The van der Waals surface area contributed by atoms with Gasteiger partial charge < -0.3 is 10.7 Å². The number of benzene rings is 2. The van der Waals surface area contributed by atoms with E-state index in [2.05, 4.69) is 9.97 Å². The first-order valence-electron chi connectivity index (χ1n) is 8.64. The third kappa shape index (κ3) is 3.59. The predicted molar refractivity (Wildman–Crippen MR) is 98.9 cm³/mol. The summed E-state index contributed by atoms with van der Waals surface area (Å²) in [4.78, 5) is 21.9. The molecule has 0 radical (unpaired) electrons. The van der Waals surface area contributed by atoms with E-state index < -0.39 is 11.6 Å². The van der Waals surface area contributed by atoms with Crippen molar-refractivity contribution >= 4 is 5.69 Å². The number of aromatic nitrogens is 2. The van der Waals surface area contributed by atoms with Crippen LogP contribution in [0.15, 0.2) is 47.3 Å². The van der Waals surface area contributed by atoms with Crippen LogP contribution in [0.2, 0.25) is 0 Å². The van der Waals surface area contributed by atoms with Gasteiger partial charge in [-0.25, -0.2) is 13.8 Å². The van der Waals surface area contributed by atoms with Crippen LogP contribution >= 0.6 is 0 Å². The Kier molecular flexibility index (Phi) is 4.45. The molecule has 1 aliphatic rings. The predicted octanol–water partition coefficient (Wildman–Crippen LogP) is 2.86. The number of aromatic amines is 1. The van der Waals surface area contributed by atoms with E-state index in [1.807, 2.05) is 17.0 Å². The zero-order valence-electron chi connectivity index (χ0n) is 14.5. The molecule has 4 rings (SSSR count). The van der Waals surface area contributed by atoms with Crippen molar-refractivity contribution in [1.29, 1.82) is 0 Å². The van der Waals surface area contributed by atoms with Crippen molar-refractivity contribution in [1.82, 2.24) is 14.9 Å². The van der Waals surface area contributed by atoms with Crippen LogP contribution in [-0.2, 0) is 19.5 Å². The number of hydrogen-bond donors (Lipinski definition) is 2. The highest BCUT2D eigenvalue weighted by atomic mass is 19.1. The average Bonchev–Trinajstić information content (AvgIpc) is 2.65. The number of nitrogens with zero attached hydrogens (tertiary/aromatic N) is 2. The lowest BCUT2D eigenvalue weighted by Crippen LogP contribution is -2.35. The van der Waals surface area contributed by atoms with Crippen molar-refractivity contribution in [3.05, 3.63) is 81.3 Å². The molecule has 0 amide bonds. The Labute approximate surface area is 154 Å². The van der Waals surface area contributed by atoms with Gasteiger partial charge in [-0.1, -0.05) is 0 Å². The van der Waals surface area contributed by atoms with E-state index in [0.717, 1.165) is 23.4 Å². The summed E-state index contributed by atoms with van der Waals surface area (Å²) in [6.07, 6.45) is 0.568. The topological polar surface area (TPSA) is 75.0 Å². The Morgan fingerprint density at radius 2 is 1.93 bits per heavy atom. The number of rotatable bonds is 3. The third-order valence-corrected chi connectivity index (χ3v) is 4.73. The minimum absolute atomic E-state index is 0.212. The van der Waals surface area contributed by atoms with Gasteiger partial charge in [-0.15, -0.1) is 0 Å². The van der Waals surface area contributed by atoms with Crippen molar-refractivity contribution in [3.63, 3.8) is 0 Å². The monoisotopic (exact) mass is 368 g/mol. The van der Waals surface area contributed by atoms with Crippen LogP contribution in [0.1, 0.15) is 16.8 Å². The molecular formula is C20H18F2N4O. The summed E-state index contributed by atoms with van der Waals surface area (Å²) < 4.78 is 27.3. The van der Waals surface area contributed by atoms with Crippen LogP contribution in [0.5, 0.6) is 0 Å². The van der Waals surface area contributed by atoms with E-state index in [0.29, 0.717) is 36.6 Å². The number of nitrogen functional groups attached to an aromatic ring is 1. The third-order valence-electron chi connectivity index (χ3n) is 4.73. The molecule has 0 aliphatic carbocycles. The smallest absolute Gasteiger partial charge is 0.255 e. The van der Waals surface area contributed by atoms with Crippen LogP contribution < -0.4 is 11.3 Å². The summed E-state index contributed by atoms with van der Waals surface area (Å²) in [5.41, 5.74) is 8.49. The summed E-state index contributed by atoms with van der Waals surface area (Å²) in [5, 5.41) is 0. The molecule has 0 saturated carbocycles. The highest BCUT2D eigenvalue weighted by molar-refractivity contribution is 5.58. The first kappa shape index (κ1) is 17.4. The molecule has 0 unspecified atom stereocenters. The second-order valence-corrected chi connectivity index (χ2v) is 6.66. The number of hydrogen-bond acceptors (Lipinski definition) is 4. The molecule has 0 fully saturated rings. The number of H-pyrrole nitrogens is 1. The maximum Gasteiger partial charge on any atom is 0.255 e. The molecule has 2 aromatic carbocycles. The number of halogens is 2. The zero-order valence-corrected chi connectivity index (χ0v) is 14.5. The second-order valence-electron chi connectivity index (χ2n) is 6.66. The van der Waals surface area contributed by atoms with E-state index in [1.165, 1.54) is 6.07 Å². The van der Waals surface area contributed by atoms with Gasteiger partial charge >= 0.3 is 0 Å². The van der Waals surface area contributed by atoms with Gasteiger partial charge in [-0.2, -0.15) is 0 Å². The quantitative estimate of drug-likeness (QED) is 0.697. The second kappa shape index (κ2) is 6.92. The minimum Gasteiger partial charge on any atom is -0.399 e. The van der Waals surface area contributed by atoms with Crippen molar-refractivity contribution in [2.45, 2.75) is 19.5 Å². The van der Waals surface area contributed by atoms with Gasteiger partial charge in [-0.3, -0.25) is 9.69 Å². The van der Waals surface area contributed by atoms with Crippen molar-refractivity contribution < 1.29 is 8.78 Å². The molecule has 0 saturated heterocycles. The fourth-order valence-corrected chi connectivity index (χ4v) is 3.30.